The van der Waals surface area contributed by atoms with Gasteiger partial charge in [-0.3, -0.25) is 0 Å². The zero-order chi connectivity index (χ0) is 12.0. The normalized spacial score (nSPS) is 10.4. The molecule has 1 rings (SSSR count). The summed E-state index contributed by atoms with van der Waals surface area (Å²) in [5.74, 6) is -0.00814. The molecule has 0 aliphatic heterocycles. The number of ether oxygens (including phenoxy) is 2. The van der Waals surface area contributed by atoms with E-state index in [4.69, 9.17) is 15.2 Å². The van der Waals surface area contributed by atoms with Crippen LogP contribution in [0.4, 0.5) is 10.1 Å². The number of anilines is 1. The Labute approximate surface area is 103 Å². The number of rotatable bonds is 6. The zero-order valence-electron chi connectivity index (χ0n) is 9.13. The van der Waals surface area contributed by atoms with Crippen molar-refractivity contribution in [3.63, 3.8) is 0 Å². The molecule has 1 aromatic carbocycles. The first-order valence-corrected chi connectivity index (χ1v) is 5.89. The first-order chi connectivity index (χ1) is 7.65. The summed E-state index contributed by atoms with van der Waals surface area (Å²) < 4.78 is 24.0. The predicted molar refractivity (Wildman–Crippen MR) is 65.1 cm³/mol. The highest BCUT2D eigenvalue weighted by Crippen LogP contribution is 2.28. The molecular formula is C11H15BrFNO2. The average molecular weight is 292 g/mol. The van der Waals surface area contributed by atoms with Crippen molar-refractivity contribution in [1.29, 1.82) is 0 Å². The Balaban J connectivity index is 2.45. The van der Waals surface area contributed by atoms with Crippen molar-refractivity contribution in [3.05, 3.63) is 22.4 Å². The lowest BCUT2D eigenvalue weighted by Crippen LogP contribution is -2.04. The third kappa shape index (κ3) is 3.98. The van der Waals surface area contributed by atoms with Crippen LogP contribution in [-0.4, -0.2) is 19.8 Å². The summed E-state index contributed by atoms with van der Waals surface area (Å²) in [5, 5.41) is 0. The molecule has 0 bridgehead atoms. The Hall–Kier alpha value is -0.810. The number of hydrogen-bond acceptors (Lipinski definition) is 3. The molecule has 0 saturated heterocycles. The summed E-state index contributed by atoms with van der Waals surface area (Å²) in [7, 11) is 0. The van der Waals surface area contributed by atoms with E-state index in [0.29, 0.717) is 35.7 Å². The molecule has 0 amide bonds. The van der Waals surface area contributed by atoms with Crippen molar-refractivity contribution < 1.29 is 13.9 Å². The van der Waals surface area contributed by atoms with E-state index >= 15 is 0 Å². The van der Waals surface area contributed by atoms with E-state index in [-0.39, 0.29) is 5.82 Å². The Morgan fingerprint density at radius 1 is 1.38 bits per heavy atom. The van der Waals surface area contributed by atoms with Gasteiger partial charge in [0.1, 0.15) is 11.6 Å². The van der Waals surface area contributed by atoms with Crippen LogP contribution in [0.25, 0.3) is 0 Å². The van der Waals surface area contributed by atoms with Crippen LogP contribution in [0.3, 0.4) is 0 Å². The summed E-state index contributed by atoms with van der Waals surface area (Å²) in [5.41, 5.74) is 6.10. The van der Waals surface area contributed by atoms with Crippen LogP contribution < -0.4 is 10.5 Å². The van der Waals surface area contributed by atoms with Gasteiger partial charge in [0.15, 0.2) is 0 Å². The van der Waals surface area contributed by atoms with Crippen LogP contribution in [-0.2, 0) is 4.74 Å². The molecule has 0 unspecified atom stereocenters. The quantitative estimate of drug-likeness (QED) is 0.647. The highest BCUT2D eigenvalue weighted by atomic mass is 79.9. The van der Waals surface area contributed by atoms with E-state index in [2.05, 4.69) is 15.9 Å². The summed E-state index contributed by atoms with van der Waals surface area (Å²) in [6.07, 6.45) is 0.755. The minimum Gasteiger partial charge on any atom is -0.491 e. The summed E-state index contributed by atoms with van der Waals surface area (Å²) in [6, 6.07) is 2.77. The second-order valence-corrected chi connectivity index (χ2v) is 4.06. The molecule has 90 valence electrons. The molecule has 5 heteroatoms. The van der Waals surface area contributed by atoms with Gasteiger partial charge in [-0.2, -0.15) is 0 Å². The topological polar surface area (TPSA) is 44.5 Å². The monoisotopic (exact) mass is 291 g/mol. The van der Waals surface area contributed by atoms with Gasteiger partial charge >= 0.3 is 0 Å². The van der Waals surface area contributed by atoms with E-state index in [1.54, 1.807) is 0 Å². The van der Waals surface area contributed by atoms with E-state index in [1.165, 1.54) is 12.1 Å². The van der Waals surface area contributed by atoms with Crippen LogP contribution in [0.15, 0.2) is 16.6 Å². The Kier molecular flexibility index (Phi) is 5.55. The van der Waals surface area contributed by atoms with Crippen molar-refractivity contribution in [2.75, 3.05) is 25.6 Å². The van der Waals surface area contributed by atoms with Crippen molar-refractivity contribution >= 4 is 21.6 Å². The fourth-order valence-electron chi connectivity index (χ4n) is 1.16. The molecular weight excluding hydrogens is 277 g/mol. The molecule has 0 aliphatic rings. The Morgan fingerprint density at radius 2 is 2.12 bits per heavy atom. The Morgan fingerprint density at radius 3 is 2.81 bits per heavy atom. The summed E-state index contributed by atoms with van der Waals surface area (Å²) >= 11 is 3.05. The van der Waals surface area contributed by atoms with E-state index in [1.807, 2.05) is 6.92 Å². The largest absolute Gasteiger partial charge is 0.491 e. The zero-order valence-corrected chi connectivity index (χ0v) is 10.7. The smallest absolute Gasteiger partial charge is 0.145 e. The molecule has 0 heterocycles. The molecule has 0 radical (unpaired) electrons. The maximum Gasteiger partial charge on any atom is 0.145 e. The molecule has 0 atom stereocenters. The number of hydrogen-bond donors (Lipinski definition) is 1. The lowest BCUT2D eigenvalue weighted by molar-refractivity contribution is 0.131. The molecule has 0 aromatic heterocycles. The molecule has 0 fully saturated rings. The van der Waals surface area contributed by atoms with E-state index in [0.717, 1.165) is 6.42 Å². The SMILES string of the molecule is CCOCCCOc1cc(F)c(Br)cc1N. The van der Waals surface area contributed by atoms with Gasteiger partial charge in [0, 0.05) is 25.7 Å². The molecule has 16 heavy (non-hydrogen) atoms. The number of nitrogens with two attached hydrogens (primary N) is 1. The Bertz CT molecular complexity index is 347. The van der Waals surface area contributed by atoms with E-state index in [9.17, 15) is 4.39 Å². The van der Waals surface area contributed by atoms with Crippen molar-refractivity contribution in [1.82, 2.24) is 0 Å². The minimum atomic E-state index is -0.381. The standard InChI is InChI=1S/C11H15BrFNO2/c1-2-15-4-3-5-16-11-7-9(13)8(12)6-10(11)14/h6-7H,2-5,14H2,1H3. The molecule has 3 nitrogen and oxygen atoms in total. The first-order valence-electron chi connectivity index (χ1n) is 5.10. The van der Waals surface area contributed by atoms with Gasteiger partial charge in [-0.1, -0.05) is 0 Å². The fraction of sp³-hybridized carbons (Fsp3) is 0.455. The molecule has 2 N–H and O–H groups in total. The number of nitrogen functional groups attached to an aromatic ring is 1. The van der Waals surface area contributed by atoms with Gasteiger partial charge in [-0.25, -0.2) is 4.39 Å². The van der Waals surface area contributed by atoms with Gasteiger partial charge < -0.3 is 15.2 Å². The van der Waals surface area contributed by atoms with Gasteiger partial charge in [0.2, 0.25) is 0 Å². The van der Waals surface area contributed by atoms with Crippen molar-refractivity contribution in [2.45, 2.75) is 13.3 Å². The van der Waals surface area contributed by atoms with Crippen LogP contribution in [0.1, 0.15) is 13.3 Å². The van der Waals surface area contributed by atoms with Crippen LogP contribution >= 0.6 is 15.9 Å². The highest BCUT2D eigenvalue weighted by Gasteiger charge is 2.06. The maximum atomic E-state index is 13.2. The second kappa shape index (κ2) is 6.70. The molecule has 0 spiro atoms. The maximum absolute atomic E-state index is 13.2. The van der Waals surface area contributed by atoms with Crippen molar-refractivity contribution in [2.24, 2.45) is 0 Å². The molecule has 1 aromatic rings. The second-order valence-electron chi connectivity index (χ2n) is 3.20. The van der Waals surface area contributed by atoms with Crippen LogP contribution in [0.5, 0.6) is 5.75 Å². The van der Waals surface area contributed by atoms with Crippen molar-refractivity contribution in [3.8, 4) is 5.75 Å². The van der Waals surface area contributed by atoms with E-state index < -0.39 is 0 Å². The van der Waals surface area contributed by atoms with Gasteiger partial charge in [0.25, 0.3) is 0 Å². The predicted octanol–water partition coefficient (Wildman–Crippen LogP) is 2.98. The minimum absolute atomic E-state index is 0.340. The lowest BCUT2D eigenvalue weighted by atomic mass is 10.3. The summed E-state index contributed by atoms with van der Waals surface area (Å²) in [6.45, 7) is 3.72. The third-order valence-electron chi connectivity index (χ3n) is 1.95. The first kappa shape index (κ1) is 13.3. The third-order valence-corrected chi connectivity index (χ3v) is 2.56. The number of halogens is 2. The number of benzene rings is 1. The fourth-order valence-corrected chi connectivity index (χ4v) is 1.52. The lowest BCUT2D eigenvalue weighted by Gasteiger charge is -2.09. The highest BCUT2D eigenvalue weighted by molar-refractivity contribution is 9.10. The van der Waals surface area contributed by atoms with Crippen LogP contribution in [0, 0.1) is 5.82 Å². The van der Waals surface area contributed by atoms with Gasteiger partial charge in [-0.05, 0) is 28.9 Å². The van der Waals surface area contributed by atoms with Gasteiger partial charge in [0.05, 0.1) is 16.8 Å². The summed E-state index contributed by atoms with van der Waals surface area (Å²) in [4.78, 5) is 0. The van der Waals surface area contributed by atoms with Gasteiger partial charge in [-0.15, -0.1) is 0 Å². The average Bonchev–Trinajstić information content (AvgIpc) is 2.25. The molecule has 0 saturated carbocycles. The molecule has 0 aliphatic carbocycles. The van der Waals surface area contributed by atoms with Crippen LogP contribution in [0.2, 0.25) is 0 Å².